The van der Waals surface area contributed by atoms with Crippen molar-refractivity contribution in [2.75, 3.05) is 11.9 Å². The summed E-state index contributed by atoms with van der Waals surface area (Å²) in [6, 6.07) is 11.0. The Balaban J connectivity index is 1.79. The molecule has 0 fully saturated rings. The summed E-state index contributed by atoms with van der Waals surface area (Å²) < 4.78 is 2.12. The third-order valence-corrected chi connectivity index (χ3v) is 3.81. The number of rotatable bonds is 3. The zero-order chi connectivity index (χ0) is 13.2. The van der Waals surface area contributed by atoms with Crippen LogP contribution in [0.3, 0.4) is 0 Å². The van der Waals surface area contributed by atoms with Crippen LogP contribution in [0.5, 0.6) is 0 Å². The number of benzene rings is 1. The highest BCUT2D eigenvalue weighted by Gasteiger charge is 2.20. The van der Waals surface area contributed by atoms with Crippen LogP contribution in [0, 0.1) is 6.92 Å². The maximum absolute atomic E-state index is 4.69. The van der Waals surface area contributed by atoms with Crippen LogP contribution >= 0.6 is 0 Å². The minimum atomic E-state index is 0.516. The SMILES string of the molecule is CCCc1cc2n(n1)CC(c1ccc(C)cc1)CN2. The summed E-state index contributed by atoms with van der Waals surface area (Å²) >= 11 is 0. The lowest BCUT2D eigenvalue weighted by Gasteiger charge is -2.25. The Morgan fingerprint density at radius 3 is 2.84 bits per heavy atom. The summed E-state index contributed by atoms with van der Waals surface area (Å²) in [6.45, 7) is 6.31. The molecule has 1 atom stereocenters. The van der Waals surface area contributed by atoms with Gasteiger partial charge in [0.1, 0.15) is 5.82 Å². The first-order valence-electron chi connectivity index (χ1n) is 7.13. The molecule has 0 spiro atoms. The van der Waals surface area contributed by atoms with E-state index in [0.717, 1.165) is 25.9 Å². The van der Waals surface area contributed by atoms with Crippen LogP contribution in [0.2, 0.25) is 0 Å². The Bertz CT molecular complexity index is 554. The Hall–Kier alpha value is -1.77. The van der Waals surface area contributed by atoms with Gasteiger partial charge in [0.15, 0.2) is 0 Å². The Labute approximate surface area is 114 Å². The molecule has 3 nitrogen and oxygen atoms in total. The van der Waals surface area contributed by atoms with Gasteiger partial charge in [0.25, 0.3) is 0 Å². The molecule has 1 N–H and O–H groups in total. The molecule has 0 saturated heterocycles. The molecule has 2 heterocycles. The van der Waals surface area contributed by atoms with E-state index >= 15 is 0 Å². The standard InChI is InChI=1S/C16H21N3/c1-3-4-15-9-16-17-10-14(11-19(16)18-15)13-7-5-12(2)6-8-13/h5-9,14,17H,3-4,10-11H2,1-2H3. The van der Waals surface area contributed by atoms with Crippen LogP contribution in [0.1, 0.15) is 36.1 Å². The van der Waals surface area contributed by atoms with Gasteiger partial charge in [-0.05, 0) is 18.9 Å². The molecule has 100 valence electrons. The van der Waals surface area contributed by atoms with Crippen LogP contribution in [-0.2, 0) is 13.0 Å². The maximum atomic E-state index is 4.69. The van der Waals surface area contributed by atoms with E-state index in [2.05, 4.69) is 59.3 Å². The Morgan fingerprint density at radius 1 is 1.32 bits per heavy atom. The fraction of sp³-hybridized carbons (Fsp3) is 0.438. The third kappa shape index (κ3) is 2.50. The second-order valence-corrected chi connectivity index (χ2v) is 5.44. The van der Waals surface area contributed by atoms with Crippen molar-refractivity contribution >= 4 is 5.82 Å². The summed E-state index contributed by atoms with van der Waals surface area (Å²) in [5.74, 6) is 1.69. The predicted octanol–water partition coefficient (Wildman–Crippen LogP) is 3.35. The average molecular weight is 255 g/mol. The van der Waals surface area contributed by atoms with E-state index in [9.17, 15) is 0 Å². The number of hydrogen-bond donors (Lipinski definition) is 1. The first-order valence-corrected chi connectivity index (χ1v) is 7.13. The fourth-order valence-electron chi connectivity index (χ4n) is 2.69. The van der Waals surface area contributed by atoms with E-state index < -0.39 is 0 Å². The number of aryl methyl sites for hydroxylation is 2. The van der Waals surface area contributed by atoms with Crippen LogP contribution in [0.4, 0.5) is 5.82 Å². The smallest absolute Gasteiger partial charge is 0.124 e. The summed E-state index contributed by atoms with van der Waals surface area (Å²) in [5, 5.41) is 8.19. The fourth-order valence-corrected chi connectivity index (χ4v) is 2.69. The molecule has 1 aliphatic rings. The maximum Gasteiger partial charge on any atom is 0.124 e. The van der Waals surface area contributed by atoms with Crippen molar-refractivity contribution in [1.29, 1.82) is 0 Å². The highest BCUT2D eigenvalue weighted by Crippen LogP contribution is 2.26. The number of hydrogen-bond acceptors (Lipinski definition) is 2. The van der Waals surface area contributed by atoms with Crippen molar-refractivity contribution in [3.8, 4) is 0 Å². The van der Waals surface area contributed by atoms with Crippen molar-refractivity contribution in [3.63, 3.8) is 0 Å². The van der Waals surface area contributed by atoms with E-state index in [1.54, 1.807) is 0 Å². The molecule has 3 rings (SSSR count). The van der Waals surface area contributed by atoms with E-state index in [4.69, 9.17) is 0 Å². The van der Waals surface area contributed by atoms with Crippen LogP contribution < -0.4 is 5.32 Å². The Kier molecular flexibility index (Phi) is 3.28. The van der Waals surface area contributed by atoms with Gasteiger partial charge in [-0.3, -0.25) is 0 Å². The van der Waals surface area contributed by atoms with E-state index in [1.807, 2.05) is 0 Å². The highest BCUT2D eigenvalue weighted by molar-refractivity contribution is 5.41. The minimum Gasteiger partial charge on any atom is -0.370 e. The van der Waals surface area contributed by atoms with Gasteiger partial charge in [0.2, 0.25) is 0 Å². The topological polar surface area (TPSA) is 29.9 Å². The van der Waals surface area contributed by atoms with Gasteiger partial charge in [0, 0.05) is 18.5 Å². The number of fused-ring (bicyclic) bond motifs is 1. The van der Waals surface area contributed by atoms with Gasteiger partial charge in [-0.15, -0.1) is 0 Å². The molecular formula is C16H21N3. The molecule has 1 aromatic heterocycles. The van der Waals surface area contributed by atoms with E-state index in [-0.39, 0.29) is 0 Å². The first-order chi connectivity index (χ1) is 9.26. The molecule has 0 bridgehead atoms. The molecule has 1 aromatic carbocycles. The molecule has 19 heavy (non-hydrogen) atoms. The minimum absolute atomic E-state index is 0.516. The lowest BCUT2D eigenvalue weighted by molar-refractivity contribution is 0.501. The molecular weight excluding hydrogens is 234 g/mol. The average Bonchev–Trinajstić information content (AvgIpc) is 2.81. The largest absolute Gasteiger partial charge is 0.370 e. The third-order valence-electron chi connectivity index (χ3n) is 3.81. The molecule has 3 heteroatoms. The van der Waals surface area contributed by atoms with Gasteiger partial charge < -0.3 is 5.32 Å². The summed E-state index contributed by atoms with van der Waals surface area (Å²) in [6.07, 6.45) is 2.22. The quantitative estimate of drug-likeness (QED) is 0.911. The highest BCUT2D eigenvalue weighted by atomic mass is 15.3. The second kappa shape index (κ2) is 5.08. The summed E-state index contributed by atoms with van der Waals surface area (Å²) in [4.78, 5) is 0. The van der Waals surface area contributed by atoms with Gasteiger partial charge in [0.05, 0.1) is 12.2 Å². The molecule has 0 radical (unpaired) electrons. The monoisotopic (exact) mass is 255 g/mol. The van der Waals surface area contributed by atoms with E-state index in [0.29, 0.717) is 5.92 Å². The number of aromatic nitrogens is 2. The number of anilines is 1. The van der Waals surface area contributed by atoms with Crippen LogP contribution in [0.15, 0.2) is 30.3 Å². The number of nitrogens with one attached hydrogen (secondary N) is 1. The lowest BCUT2D eigenvalue weighted by atomic mass is 9.97. The lowest BCUT2D eigenvalue weighted by Crippen LogP contribution is -2.26. The predicted molar refractivity (Wildman–Crippen MR) is 78.6 cm³/mol. The van der Waals surface area contributed by atoms with Crippen molar-refractivity contribution in [2.45, 2.75) is 39.2 Å². The molecule has 0 amide bonds. The van der Waals surface area contributed by atoms with Gasteiger partial charge in [-0.25, -0.2) is 4.68 Å². The van der Waals surface area contributed by atoms with Crippen molar-refractivity contribution in [3.05, 3.63) is 47.2 Å². The molecule has 0 aliphatic carbocycles. The zero-order valence-corrected chi connectivity index (χ0v) is 11.7. The van der Waals surface area contributed by atoms with E-state index in [1.165, 1.54) is 22.6 Å². The van der Waals surface area contributed by atoms with Gasteiger partial charge >= 0.3 is 0 Å². The second-order valence-electron chi connectivity index (χ2n) is 5.44. The normalized spacial score (nSPS) is 17.9. The molecule has 1 unspecified atom stereocenters. The summed E-state index contributed by atoms with van der Waals surface area (Å²) in [7, 11) is 0. The van der Waals surface area contributed by atoms with Gasteiger partial charge in [-0.1, -0.05) is 43.2 Å². The van der Waals surface area contributed by atoms with Crippen molar-refractivity contribution in [1.82, 2.24) is 9.78 Å². The first kappa shape index (κ1) is 12.3. The van der Waals surface area contributed by atoms with Crippen molar-refractivity contribution < 1.29 is 0 Å². The van der Waals surface area contributed by atoms with Crippen LogP contribution in [-0.4, -0.2) is 16.3 Å². The number of nitrogens with zero attached hydrogens (tertiary/aromatic N) is 2. The molecule has 0 saturated carbocycles. The van der Waals surface area contributed by atoms with Crippen LogP contribution in [0.25, 0.3) is 0 Å². The Morgan fingerprint density at radius 2 is 2.11 bits per heavy atom. The summed E-state index contributed by atoms with van der Waals surface area (Å²) in [5.41, 5.74) is 3.92. The molecule has 2 aromatic rings. The zero-order valence-electron chi connectivity index (χ0n) is 11.7. The molecule has 1 aliphatic heterocycles. The van der Waals surface area contributed by atoms with Gasteiger partial charge in [-0.2, -0.15) is 5.10 Å². The van der Waals surface area contributed by atoms with Crippen molar-refractivity contribution in [2.24, 2.45) is 0 Å².